The van der Waals surface area contributed by atoms with Gasteiger partial charge in [0.2, 0.25) is 8.32 Å². The van der Waals surface area contributed by atoms with Crippen molar-refractivity contribution in [3.63, 3.8) is 0 Å². The van der Waals surface area contributed by atoms with Crippen molar-refractivity contribution in [1.82, 2.24) is 0 Å². The van der Waals surface area contributed by atoms with Crippen molar-refractivity contribution in [1.29, 1.82) is 0 Å². The minimum atomic E-state index is -1.89. The summed E-state index contributed by atoms with van der Waals surface area (Å²) in [5.41, 5.74) is 6.79. The second-order valence-electron chi connectivity index (χ2n) is 7.22. The van der Waals surface area contributed by atoms with E-state index in [1.54, 1.807) is 0 Å². The molecular weight excluding hydrogens is 274 g/mol. The molecule has 1 aromatic carbocycles. The minimum Gasteiger partial charge on any atom is -0.543 e. The zero-order valence-electron chi connectivity index (χ0n) is 13.1. The summed E-state index contributed by atoms with van der Waals surface area (Å²) >= 11 is 6.10. The van der Waals surface area contributed by atoms with Gasteiger partial charge in [-0.1, -0.05) is 38.4 Å². The number of hydrogen-bond acceptors (Lipinski definition) is 2. The third-order valence-corrected chi connectivity index (χ3v) is 8.39. The van der Waals surface area contributed by atoms with Gasteiger partial charge in [0, 0.05) is 16.1 Å². The lowest BCUT2D eigenvalue weighted by Gasteiger charge is -2.38. The van der Waals surface area contributed by atoms with Crippen LogP contribution in [-0.4, -0.2) is 8.32 Å². The summed E-state index contributed by atoms with van der Waals surface area (Å²) in [6.07, 6.45) is 0. The Bertz CT molecular complexity index is 458. The van der Waals surface area contributed by atoms with Gasteiger partial charge in [-0.15, -0.1) is 0 Å². The zero-order valence-corrected chi connectivity index (χ0v) is 14.9. The maximum Gasteiger partial charge on any atom is 0.250 e. The van der Waals surface area contributed by atoms with Gasteiger partial charge in [0.1, 0.15) is 5.75 Å². The van der Waals surface area contributed by atoms with Gasteiger partial charge < -0.3 is 10.2 Å². The van der Waals surface area contributed by atoms with Gasteiger partial charge in [0.15, 0.2) is 0 Å². The van der Waals surface area contributed by atoms with E-state index in [1.807, 2.05) is 32.0 Å². The Hall–Kier alpha value is -0.513. The number of rotatable bonds is 3. The van der Waals surface area contributed by atoms with Crippen LogP contribution < -0.4 is 10.2 Å². The first-order valence-electron chi connectivity index (χ1n) is 6.62. The lowest BCUT2D eigenvalue weighted by Crippen LogP contribution is -2.44. The molecule has 0 aliphatic heterocycles. The molecule has 0 bridgehead atoms. The highest BCUT2D eigenvalue weighted by molar-refractivity contribution is 6.74. The molecule has 1 aromatic rings. The van der Waals surface area contributed by atoms with Crippen LogP contribution in [0.5, 0.6) is 5.75 Å². The molecule has 0 heterocycles. The number of hydrogen-bond donors (Lipinski definition) is 1. The first-order chi connectivity index (χ1) is 8.34. The summed E-state index contributed by atoms with van der Waals surface area (Å²) < 4.78 is 6.38. The van der Waals surface area contributed by atoms with E-state index >= 15 is 0 Å². The summed E-state index contributed by atoms with van der Waals surface area (Å²) in [6, 6.07) is 5.71. The molecule has 0 saturated carbocycles. The second-order valence-corrected chi connectivity index (χ2v) is 12.4. The van der Waals surface area contributed by atoms with Crippen molar-refractivity contribution in [3.8, 4) is 5.75 Å². The molecule has 0 aliphatic rings. The maximum absolute atomic E-state index is 6.38. The van der Waals surface area contributed by atoms with Gasteiger partial charge in [-0.05, 0) is 44.1 Å². The third kappa shape index (κ3) is 3.97. The molecule has 19 heavy (non-hydrogen) atoms. The van der Waals surface area contributed by atoms with Crippen LogP contribution in [0.15, 0.2) is 18.2 Å². The predicted octanol–water partition coefficient (Wildman–Crippen LogP) is 4.92. The van der Waals surface area contributed by atoms with Crippen LogP contribution >= 0.6 is 11.6 Å². The molecule has 0 spiro atoms. The third-order valence-electron chi connectivity index (χ3n) is 3.81. The summed E-state index contributed by atoms with van der Waals surface area (Å²) in [6.45, 7) is 15.1. The maximum atomic E-state index is 6.38. The smallest absolute Gasteiger partial charge is 0.250 e. The molecule has 0 aromatic heterocycles. The van der Waals surface area contributed by atoms with E-state index in [9.17, 15) is 0 Å². The van der Waals surface area contributed by atoms with E-state index in [0.717, 1.165) is 11.3 Å². The van der Waals surface area contributed by atoms with E-state index in [0.29, 0.717) is 5.02 Å². The number of nitrogens with two attached hydrogens (primary N) is 1. The van der Waals surface area contributed by atoms with Crippen molar-refractivity contribution in [2.24, 2.45) is 5.73 Å². The van der Waals surface area contributed by atoms with Crippen LogP contribution in [0.3, 0.4) is 0 Å². The Labute approximate surface area is 123 Å². The lowest BCUT2D eigenvalue weighted by atomic mass is 9.95. The van der Waals surface area contributed by atoms with Crippen LogP contribution in [0.1, 0.15) is 40.2 Å². The highest BCUT2D eigenvalue weighted by Gasteiger charge is 2.39. The highest BCUT2D eigenvalue weighted by Crippen LogP contribution is 2.40. The van der Waals surface area contributed by atoms with Crippen molar-refractivity contribution in [3.05, 3.63) is 28.8 Å². The Kier molecular flexibility index (Phi) is 4.45. The van der Waals surface area contributed by atoms with E-state index in [4.69, 9.17) is 21.8 Å². The summed E-state index contributed by atoms with van der Waals surface area (Å²) in [4.78, 5) is 0. The average Bonchev–Trinajstić information content (AvgIpc) is 2.12. The monoisotopic (exact) mass is 299 g/mol. The lowest BCUT2D eigenvalue weighted by molar-refractivity contribution is 0.461. The van der Waals surface area contributed by atoms with Crippen molar-refractivity contribution in [2.75, 3.05) is 0 Å². The summed E-state index contributed by atoms with van der Waals surface area (Å²) in [5.74, 6) is 0.826. The fraction of sp³-hybridized carbons (Fsp3) is 0.600. The number of halogens is 1. The minimum absolute atomic E-state index is 0.144. The molecular formula is C15H26ClNOSi. The fourth-order valence-electron chi connectivity index (χ4n) is 1.54. The van der Waals surface area contributed by atoms with Gasteiger partial charge in [-0.2, -0.15) is 0 Å². The van der Waals surface area contributed by atoms with Crippen LogP contribution in [0, 0.1) is 0 Å². The molecule has 0 amide bonds. The molecule has 0 unspecified atom stereocenters. The van der Waals surface area contributed by atoms with E-state index in [1.165, 1.54) is 0 Å². The van der Waals surface area contributed by atoms with Gasteiger partial charge in [0.05, 0.1) is 0 Å². The van der Waals surface area contributed by atoms with Crippen LogP contribution in [0.2, 0.25) is 23.2 Å². The first-order valence-corrected chi connectivity index (χ1v) is 9.91. The molecule has 2 nitrogen and oxygen atoms in total. The predicted molar refractivity (Wildman–Crippen MR) is 86.5 cm³/mol. The van der Waals surface area contributed by atoms with Gasteiger partial charge >= 0.3 is 0 Å². The second kappa shape index (κ2) is 5.11. The standard InChI is InChI=1S/C15H26ClNOSi/c1-14(2,3)19(6,7)18-13-10-11(16)8-9-12(13)15(4,5)17/h8-10H,17H2,1-7H3. The Morgan fingerprint density at radius 3 is 2.05 bits per heavy atom. The van der Waals surface area contributed by atoms with Crippen molar-refractivity contribution in [2.45, 2.75) is 58.3 Å². The average molecular weight is 300 g/mol. The Morgan fingerprint density at radius 1 is 1.11 bits per heavy atom. The first kappa shape index (κ1) is 16.5. The normalized spacial score (nSPS) is 13.5. The van der Waals surface area contributed by atoms with Gasteiger partial charge in [0.25, 0.3) is 0 Å². The summed E-state index contributed by atoms with van der Waals surface area (Å²) in [5, 5.41) is 0.826. The molecule has 2 N–H and O–H groups in total. The molecule has 0 saturated heterocycles. The van der Waals surface area contributed by atoms with Crippen LogP contribution in [0.25, 0.3) is 0 Å². The summed E-state index contributed by atoms with van der Waals surface area (Å²) in [7, 11) is -1.89. The Morgan fingerprint density at radius 2 is 1.63 bits per heavy atom. The van der Waals surface area contributed by atoms with Crippen LogP contribution in [0.4, 0.5) is 0 Å². The molecule has 0 atom stereocenters. The van der Waals surface area contributed by atoms with Crippen molar-refractivity contribution >= 4 is 19.9 Å². The molecule has 0 aliphatic carbocycles. The SMILES string of the molecule is CC(C)(N)c1ccc(Cl)cc1O[Si](C)(C)C(C)(C)C. The van der Waals surface area contributed by atoms with E-state index in [2.05, 4.69) is 33.9 Å². The molecule has 0 radical (unpaired) electrons. The van der Waals surface area contributed by atoms with Crippen LogP contribution in [-0.2, 0) is 5.54 Å². The van der Waals surface area contributed by atoms with E-state index in [-0.39, 0.29) is 5.04 Å². The molecule has 1 rings (SSSR count). The van der Waals surface area contributed by atoms with Crippen molar-refractivity contribution < 1.29 is 4.43 Å². The van der Waals surface area contributed by atoms with Gasteiger partial charge in [-0.3, -0.25) is 0 Å². The van der Waals surface area contributed by atoms with E-state index < -0.39 is 13.9 Å². The largest absolute Gasteiger partial charge is 0.543 e. The molecule has 108 valence electrons. The van der Waals surface area contributed by atoms with Gasteiger partial charge in [-0.25, -0.2) is 0 Å². The topological polar surface area (TPSA) is 35.2 Å². The molecule has 4 heteroatoms. The zero-order chi connectivity index (χ0) is 15.1. The Balaban J connectivity index is 3.24. The highest BCUT2D eigenvalue weighted by atomic mass is 35.5. The quantitative estimate of drug-likeness (QED) is 0.804. The number of benzene rings is 1. The molecule has 0 fully saturated rings. The fourth-order valence-corrected chi connectivity index (χ4v) is 2.73.